The first kappa shape index (κ1) is 12.7. The lowest BCUT2D eigenvalue weighted by Crippen LogP contribution is -2.09. The van der Waals surface area contributed by atoms with Gasteiger partial charge in [-0.2, -0.15) is 0 Å². The first-order valence-electron chi connectivity index (χ1n) is 7.09. The second kappa shape index (κ2) is 5.04. The minimum absolute atomic E-state index is 0.108. The van der Waals surface area contributed by atoms with Crippen LogP contribution in [0.2, 0.25) is 0 Å². The second-order valence-corrected chi connectivity index (χ2v) is 5.13. The smallest absolute Gasteiger partial charge is 0.230 e. The number of fused-ring (bicyclic) bond motifs is 2. The van der Waals surface area contributed by atoms with Gasteiger partial charge in [-0.25, -0.2) is 0 Å². The van der Waals surface area contributed by atoms with Crippen LogP contribution in [0.25, 0.3) is 22.2 Å². The fourth-order valence-electron chi connectivity index (χ4n) is 2.56. The lowest BCUT2D eigenvalue weighted by Gasteiger charge is -2.10. The molecule has 1 aliphatic carbocycles. The number of ether oxygens (including phenoxy) is 1. The van der Waals surface area contributed by atoms with Gasteiger partial charge in [0.15, 0.2) is 5.75 Å². The molecular formula is C19H13NO2. The predicted molar refractivity (Wildman–Crippen MR) is 87.7 cm³/mol. The number of benzene rings is 3. The summed E-state index contributed by atoms with van der Waals surface area (Å²) in [6, 6.07) is 22.7. The van der Waals surface area contributed by atoms with Crippen molar-refractivity contribution in [1.82, 2.24) is 4.98 Å². The molecule has 0 radical (unpaired) electrons. The van der Waals surface area contributed by atoms with Gasteiger partial charge in [-0.3, -0.25) is 4.79 Å². The average molecular weight is 287 g/mol. The van der Waals surface area contributed by atoms with Crippen LogP contribution in [-0.2, 0) is 0 Å². The molecule has 1 N–H and O–H groups in total. The highest BCUT2D eigenvalue weighted by atomic mass is 16.5. The molecule has 2 aromatic rings. The summed E-state index contributed by atoms with van der Waals surface area (Å²) in [6.45, 7) is 0. The normalized spacial score (nSPS) is 10.9. The highest BCUT2D eigenvalue weighted by molar-refractivity contribution is 5.85. The molecule has 0 fully saturated rings. The summed E-state index contributed by atoms with van der Waals surface area (Å²) in [5, 5.41) is 1.00. The number of nitrogens with one attached hydrogen (secondary N) is 1. The molecule has 0 amide bonds. The van der Waals surface area contributed by atoms with Crippen molar-refractivity contribution in [2.24, 2.45) is 0 Å². The van der Waals surface area contributed by atoms with Gasteiger partial charge in [0.2, 0.25) is 5.43 Å². The van der Waals surface area contributed by atoms with E-state index in [4.69, 9.17) is 4.74 Å². The minimum Gasteiger partial charge on any atom is -0.453 e. The maximum Gasteiger partial charge on any atom is 0.230 e. The number of hydrogen-bond acceptors (Lipinski definition) is 2. The molecule has 3 nitrogen and oxygen atoms in total. The zero-order chi connectivity index (χ0) is 14.9. The maximum atomic E-state index is 12.6. The maximum absolute atomic E-state index is 12.6. The molecule has 1 heterocycles. The Balaban J connectivity index is 1.88. The SMILES string of the molecule is O=c1c(Oc2ccccc2)ccc2[nH]c3ccccc3cc1-2. The van der Waals surface area contributed by atoms with Crippen LogP contribution < -0.4 is 10.2 Å². The van der Waals surface area contributed by atoms with E-state index < -0.39 is 0 Å². The average Bonchev–Trinajstić information content (AvgIpc) is 2.57. The van der Waals surface area contributed by atoms with Gasteiger partial charge in [0.25, 0.3) is 0 Å². The minimum atomic E-state index is -0.108. The monoisotopic (exact) mass is 287 g/mol. The van der Waals surface area contributed by atoms with E-state index in [-0.39, 0.29) is 5.43 Å². The molecular weight excluding hydrogens is 274 g/mol. The Kier molecular flexibility index (Phi) is 2.90. The third kappa shape index (κ3) is 2.13. The Labute approximate surface area is 127 Å². The van der Waals surface area contributed by atoms with Gasteiger partial charge in [-0.1, -0.05) is 36.4 Å². The molecule has 1 aliphatic heterocycles. The lowest BCUT2D eigenvalue weighted by atomic mass is 10.1. The Morgan fingerprint density at radius 2 is 1.59 bits per heavy atom. The van der Waals surface area contributed by atoms with E-state index in [1.165, 1.54) is 0 Å². The summed E-state index contributed by atoms with van der Waals surface area (Å²) in [6.07, 6.45) is 0. The molecule has 2 aromatic carbocycles. The van der Waals surface area contributed by atoms with Crippen molar-refractivity contribution >= 4 is 10.9 Å². The molecule has 106 valence electrons. The van der Waals surface area contributed by atoms with Crippen LogP contribution in [0.5, 0.6) is 11.5 Å². The van der Waals surface area contributed by atoms with Crippen molar-refractivity contribution in [1.29, 1.82) is 0 Å². The van der Waals surface area contributed by atoms with E-state index in [0.29, 0.717) is 17.1 Å². The molecule has 4 rings (SSSR count). The molecule has 0 spiro atoms. The van der Waals surface area contributed by atoms with E-state index in [0.717, 1.165) is 16.6 Å². The number of aromatic amines is 1. The van der Waals surface area contributed by atoms with Crippen molar-refractivity contribution in [2.45, 2.75) is 0 Å². The number of pyridine rings is 1. The van der Waals surface area contributed by atoms with Gasteiger partial charge in [0, 0.05) is 11.1 Å². The molecule has 2 aliphatic rings. The predicted octanol–water partition coefficient (Wildman–Crippen LogP) is 4.43. The van der Waals surface area contributed by atoms with Crippen molar-refractivity contribution in [3.8, 4) is 22.8 Å². The van der Waals surface area contributed by atoms with E-state index in [9.17, 15) is 4.79 Å². The first-order valence-corrected chi connectivity index (χ1v) is 7.09. The molecule has 0 atom stereocenters. The Morgan fingerprint density at radius 3 is 2.45 bits per heavy atom. The summed E-state index contributed by atoms with van der Waals surface area (Å²) in [5.41, 5.74) is 2.34. The fraction of sp³-hybridized carbons (Fsp3) is 0. The van der Waals surface area contributed by atoms with Crippen molar-refractivity contribution in [3.05, 3.63) is 83.0 Å². The van der Waals surface area contributed by atoms with Crippen LogP contribution in [0.3, 0.4) is 0 Å². The first-order chi connectivity index (χ1) is 10.8. The number of rotatable bonds is 2. The van der Waals surface area contributed by atoms with Gasteiger partial charge >= 0.3 is 0 Å². The van der Waals surface area contributed by atoms with E-state index in [2.05, 4.69) is 4.98 Å². The lowest BCUT2D eigenvalue weighted by molar-refractivity contribution is 0.478. The van der Waals surface area contributed by atoms with Gasteiger partial charge in [-0.15, -0.1) is 0 Å². The topological polar surface area (TPSA) is 42.1 Å². The summed E-state index contributed by atoms with van der Waals surface area (Å²) >= 11 is 0. The highest BCUT2D eigenvalue weighted by Gasteiger charge is 2.13. The van der Waals surface area contributed by atoms with Crippen molar-refractivity contribution in [3.63, 3.8) is 0 Å². The van der Waals surface area contributed by atoms with Crippen molar-refractivity contribution < 1.29 is 4.74 Å². The number of para-hydroxylation sites is 2. The zero-order valence-electron chi connectivity index (χ0n) is 11.7. The zero-order valence-corrected chi connectivity index (χ0v) is 11.7. The number of H-pyrrole nitrogens is 1. The Bertz CT molecular complexity index is 973. The van der Waals surface area contributed by atoms with E-state index >= 15 is 0 Å². The third-order valence-electron chi connectivity index (χ3n) is 3.66. The van der Waals surface area contributed by atoms with Crippen LogP contribution in [0.4, 0.5) is 0 Å². The molecule has 0 saturated carbocycles. The van der Waals surface area contributed by atoms with Crippen LogP contribution in [-0.4, -0.2) is 4.98 Å². The van der Waals surface area contributed by atoms with Gasteiger partial charge in [0.05, 0.1) is 5.69 Å². The fourth-order valence-corrected chi connectivity index (χ4v) is 2.56. The van der Waals surface area contributed by atoms with Gasteiger partial charge < -0.3 is 9.72 Å². The summed E-state index contributed by atoms with van der Waals surface area (Å²) in [7, 11) is 0. The molecule has 3 heteroatoms. The molecule has 0 bridgehead atoms. The molecule has 22 heavy (non-hydrogen) atoms. The molecule has 0 aromatic heterocycles. The standard InChI is InChI=1S/C19H13NO2/c21-19-15-12-13-6-4-5-9-16(13)20-17(15)10-11-18(19)22-14-7-2-1-3-8-14/h1-12,20H. The molecule has 0 saturated heterocycles. The van der Waals surface area contributed by atoms with Crippen LogP contribution in [0.15, 0.2) is 77.6 Å². The quantitative estimate of drug-likeness (QED) is 0.554. The number of aromatic nitrogens is 1. The van der Waals surface area contributed by atoms with E-state index in [1.807, 2.05) is 66.7 Å². The summed E-state index contributed by atoms with van der Waals surface area (Å²) < 4.78 is 5.70. The van der Waals surface area contributed by atoms with E-state index in [1.54, 1.807) is 6.07 Å². The van der Waals surface area contributed by atoms with Crippen LogP contribution >= 0.6 is 0 Å². The van der Waals surface area contributed by atoms with Crippen LogP contribution in [0, 0.1) is 0 Å². The highest BCUT2D eigenvalue weighted by Crippen LogP contribution is 2.26. The second-order valence-electron chi connectivity index (χ2n) is 5.13. The van der Waals surface area contributed by atoms with Gasteiger partial charge in [0.1, 0.15) is 5.75 Å². The Hall–Kier alpha value is -3.07. The Morgan fingerprint density at radius 1 is 0.818 bits per heavy atom. The summed E-state index contributed by atoms with van der Waals surface area (Å²) in [4.78, 5) is 15.9. The number of hydrogen-bond donors (Lipinski definition) is 1. The largest absolute Gasteiger partial charge is 0.453 e. The molecule has 0 unspecified atom stereocenters. The van der Waals surface area contributed by atoms with Crippen LogP contribution in [0.1, 0.15) is 0 Å². The third-order valence-corrected chi connectivity index (χ3v) is 3.66. The van der Waals surface area contributed by atoms with Gasteiger partial charge in [-0.05, 0) is 41.8 Å². The van der Waals surface area contributed by atoms with Crippen molar-refractivity contribution in [2.75, 3.05) is 0 Å². The summed E-state index contributed by atoms with van der Waals surface area (Å²) in [5.74, 6) is 0.992.